The number of amides is 3. The van der Waals surface area contributed by atoms with Crippen molar-refractivity contribution in [2.45, 2.75) is 39.7 Å². The molecule has 1 aliphatic heterocycles. The van der Waals surface area contributed by atoms with Gasteiger partial charge in [-0.15, -0.1) is 0 Å². The average molecular weight is 531 g/mol. The molecule has 1 aliphatic rings. The lowest BCUT2D eigenvalue weighted by Gasteiger charge is -2.15. The van der Waals surface area contributed by atoms with E-state index in [1.165, 1.54) is 18.2 Å². The second-order valence-electron chi connectivity index (χ2n) is 8.02. The normalized spacial score (nSPS) is 15.2. The number of rotatable bonds is 10. The third kappa shape index (κ3) is 6.89. The van der Waals surface area contributed by atoms with Crippen LogP contribution in [0.3, 0.4) is 0 Å². The third-order valence-electron chi connectivity index (χ3n) is 5.19. The Bertz CT molecular complexity index is 1200. The molecule has 0 spiro atoms. The molecule has 1 atom stereocenters. The summed E-state index contributed by atoms with van der Waals surface area (Å²) in [6.45, 7) is 5.58. The molecule has 0 radical (unpaired) electrons. The van der Waals surface area contributed by atoms with E-state index < -0.39 is 29.6 Å². The molecule has 0 saturated carbocycles. The Morgan fingerprint density at radius 3 is 2.64 bits per heavy atom. The fourth-order valence-electron chi connectivity index (χ4n) is 3.16. The van der Waals surface area contributed by atoms with Gasteiger partial charge in [-0.1, -0.05) is 43.6 Å². The maximum Gasteiger partial charge on any atom is 0.339 e. The van der Waals surface area contributed by atoms with E-state index >= 15 is 0 Å². The summed E-state index contributed by atoms with van der Waals surface area (Å²) in [5, 5.41) is 2.22. The maximum absolute atomic E-state index is 12.9. The van der Waals surface area contributed by atoms with E-state index in [4.69, 9.17) is 21.1 Å². The minimum absolute atomic E-state index is 0.0137. The average Bonchev–Trinajstić information content (AvgIpc) is 3.11. The maximum atomic E-state index is 12.9. The fourth-order valence-corrected chi connectivity index (χ4v) is 4.18. The number of imide groups is 1. The van der Waals surface area contributed by atoms with Gasteiger partial charge in [0.05, 0.1) is 28.2 Å². The Morgan fingerprint density at radius 1 is 1.17 bits per heavy atom. The smallest absolute Gasteiger partial charge is 0.339 e. The highest BCUT2D eigenvalue weighted by Crippen LogP contribution is 2.34. The van der Waals surface area contributed by atoms with Gasteiger partial charge in [-0.25, -0.2) is 4.79 Å². The largest absolute Gasteiger partial charge is 0.490 e. The summed E-state index contributed by atoms with van der Waals surface area (Å²) in [5.41, 5.74) is 1.05. The molecule has 0 aliphatic carbocycles. The molecule has 2 aromatic rings. The van der Waals surface area contributed by atoms with Gasteiger partial charge in [-0.3, -0.25) is 19.3 Å². The van der Waals surface area contributed by atoms with Crippen LogP contribution in [0.1, 0.15) is 49.5 Å². The highest BCUT2D eigenvalue weighted by atomic mass is 35.5. The lowest BCUT2D eigenvalue weighted by molar-refractivity contribution is -0.127. The zero-order valence-corrected chi connectivity index (χ0v) is 21.8. The SMILES string of the molecule is CCCOC(=O)c1cc(NC(=O)CN2C(=O)S/C(=C/c3ccccc3O[C@@H](C)CC)C2=O)ccc1Cl. The number of para-hydroxylation sites is 1. The molecule has 1 fully saturated rings. The Balaban J connectivity index is 1.70. The Morgan fingerprint density at radius 2 is 1.92 bits per heavy atom. The van der Waals surface area contributed by atoms with Gasteiger partial charge < -0.3 is 14.8 Å². The molecule has 3 rings (SSSR count). The number of hydrogen-bond donors (Lipinski definition) is 1. The van der Waals surface area contributed by atoms with Crippen molar-refractivity contribution in [2.24, 2.45) is 0 Å². The number of nitrogens with one attached hydrogen (secondary N) is 1. The molecule has 1 N–H and O–H groups in total. The predicted octanol–water partition coefficient (Wildman–Crippen LogP) is 5.76. The second kappa shape index (κ2) is 12.6. The first-order valence-corrected chi connectivity index (χ1v) is 12.7. The van der Waals surface area contributed by atoms with Crippen molar-refractivity contribution in [3.63, 3.8) is 0 Å². The first-order chi connectivity index (χ1) is 17.2. The molecule has 8 nitrogen and oxygen atoms in total. The Labute approximate surface area is 219 Å². The van der Waals surface area contributed by atoms with E-state index in [2.05, 4.69) is 5.32 Å². The number of esters is 1. The van der Waals surface area contributed by atoms with Crippen molar-refractivity contribution >= 4 is 58.1 Å². The fraction of sp³-hybridized carbons (Fsp3) is 0.308. The Kier molecular flexibility index (Phi) is 9.55. The van der Waals surface area contributed by atoms with Crippen molar-refractivity contribution < 1.29 is 28.7 Å². The van der Waals surface area contributed by atoms with Crippen LogP contribution in [0, 0.1) is 0 Å². The number of ether oxygens (including phenoxy) is 2. The summed E-state index contributed by atoms with van der Waals surface area (Å²) in [7, 11) is 0. The standard InChI is InChI=1S/C26H27ClN2O6S/c1-4-12-34-25(32)19-14-18(10-11-20(19)27)28-23(30)15-29-24(31)22(36-26(29)33)13-17-8-6-7-9-21(17)35-16(3)5-2/h6-11,13-14,16H,4-5,12,15H2,1-3H3,(H,28,30)/b22-13+/t16-/m0/s1. The number of nitrogens with zero attached hydrogens (tertiary/aromatic N) is 1. The Hall–Kier alpha value is -3.30. The second-order valence-corrected chi connectivity index (χ2v) is 9.42. The van der Waals surface area contributed by atoms with Crippen LogP contribution < -0.4 is 10.1 Å². The first-order valence-electron chi connectivity index (χ1n) is 11.5. The number of halogens is 1. The molecule has 0 unspecified atom stereocenters. The van der Waals surface area contributed by atoms with Crippen LogP contribution in [0.2, 0.25) is 5.02 Å². The quantitative estimate of drug-likeness (QED) is 0.308. The summed E-state index contributed by atoms with van der Waals surface area (Å²) >= 11 is 6.84. The summed E-state index contributed by atoms with van der Waals surface area (Å²) < 4.78 is 11.0. The summed E-state index contributed by atoms with van der Waals surface area (Å²) in [4.78, 5) is 51.3. The van der Waals surface area contributed by atoms with Crippen LogP contribution in [0.15, 0.2) is 47.4 Å². The highest BCUT2D eigenvalue weighted by Gasteiger charge is 2.36. The molecule has 0 aromatic heterocycles. The van der Waals surface area contributed by atoms with Crippen LogP contribution in [-0.4, -0.2) is 47.2 Å². The predicted molar refractivity (Wildman–Crippen MR) is 140 cm³/mol. The van der Waals surface area contributed by atoms with Gasteiger partial charge in [-0.2, -0.15) is 0 Å². The van der Waals surface area contributed by atoms with E-state index in [-0.39, 0.29) is 33.9 Å². The van der Waals surface area contributed by atoms with Crippen molar-refractivity contribution in [1.82, 2.24) is 4.90 Å². The zero-order valence-electron chi connectivity index (χ0n) is 20.2. The van der Waals surface area contributed by atoms with Gasteiger partial charge in [0, 0.05) is 11.3 Å². The van der Waals surface area contributed by atoms with E-state index in [1.807, 2.05) is 32.9 Å². The number of thioether (sulfide) groups is 1. The first kappa shape index (κ1) is 27.3. The lowest BCUT2D eigenvalue weighted by atomic mass is 10.1. The van der Waals surface area contributed by atoms with E-state index in [1.54, 1.807) is 18.2 Å². The van der Waals surface area contributed by atoms with Gasteiger partial charge in [0.2, 0.25) is 5.91 Å². The summed E-state index contributed by atoms with van der Waals surface area (Å²) in [6, 6.07) is 11.6. The molecule has 36 heavy (non-hydrogen) atoms. The van der Waals surface area contributed by atoms with Gasteiger partial charge in [0.1, 0.15) is 12.3 Å². The van der Waals surface area contributed by atoms with E-state index in [0.717, 1.165) is 23.1 Å². The van der Waals surface area contributed by atoms with Crippen molar-refractivity contribution in [2.75, 3.05) is 18.5 Å². The van der Waals surface area contributed by atoms with Crippen LogP contribution in [-0.2, 0) is 14.3 Å². The number of anilines is 1. The van der Waals surface area contributed by atoms with Gasteiger partial charge in [-0.05, 0) is 61.9 Å². The topological polar surface area (TPSA) is 102 Å². The van der Waals surface area contributed by atoms with Crippen LogP contribution >= 0.6 is 23.4 Å². The molecule has 1 saturated heterocycles. The van der Waals surface area contributed by atoms with Gasteiger partial charge >= 0.3 is 5.97 Å². The van der Waals surface area contributed by atoms with Crippen LogP contribution in [0.25, 0.3) is 6.08 Å². The monoisotopic (exact) mass is 530 g/mol. The van der Waals surface area contributed by atoms with Crippen molar-refractivity contribution in [3.8, 4) is 5.75 Å². The zero-order chi connectivity index (χ0) is 26.2. The lowest BCUT2D eigenvalue weighted by Crippen LogP contribution is -2.36. The number of carbonyl (C=O) groups is 4. The van der Waals surface area contributed by atoms with E-state index in [0.29, 0.717) is 17.7 Å². The van der Waals surface area contributed by atoms with Gasteiger partial charge in [0.15, 0.2) is 0 Å². The molecular weight excluding hydrogens is 504 g/mol. The number of benzene rings is 2. The molecule has 2 aromatic carbocycles. The number of carbonyl (C=O) groups excluding carboxylic acids is 4. The molecule has 1 heterocycles. The number of hydrogen-bond acceptors (Lipinski definition) is 7. The highest BCUT2D eigenvalue weighted by molar-refractivity contribution is 8.18. The summed E-state index contributed by atoms with van der Waals surface area (Å²) in [5.74, 6) is -1.17. The van der Waals surface area contributed by atoms with Crippen LogP contribution in [0.5, 0.6) is 5.75 Å². The van der Waals surface area contributed by atoms with Gasteiger partial charge in [0.25, 0.3) is 11.1 Å². The van der Waals surface area contributed by atoms with Crippen LogP contribution in [0.4, 0.5) is 10.5 Å². The molecule has 190 valence electrons. The van der Waals surface area contributed by atoms with E-state index in [9.17, 15) is 19.2 Å². The van der Waals surface area contributed by atoms with Crippen molar-refractivity contribution in [3.05, 3.63) is 63.5 Å². The minimum atomic E-state index is -0.605. The molecular formula is C26H27ClN2O6S. The minimum Gasteiger partial charge on any atom is -0.490 e. The summed E-state index contributed by atoms with van der Waals surface area (Å²) in [6.07, 6.45) is 3.05. The molecule has 3 amide bonds. The van der Waals surface area contributed by atoms with Crippen molar-refractivity contribution in [1.29, 1.82) is 0 Å². The molecule has 10 heteroatoms. The third-order valence-corrected chi connectivity index (χ3v) is 6.43. The molecule has 0 bridgehead atoms.